The highest BCUT2D eigenvalue weighted by atomic mass is 32.2. The fraction of sp³-hybridized carbons (Fsp3) is 0.632. The molecule has 0 spiro atoms. The van der Waals surface area contributed by atoms with Crippen LogP contribution in [0.3, 0.4) is 0 Å². The van der Waals surface area contributed by atoms with Gasteiger partial charge in [0, 0.05) is 0 Å². The number of aliphatic hydroxyl groups excluding tert-OH is 1. The van der Waals surface area contributed by atoms with Crippen LogP contribution in [0.25, 0.3) is 0 Å². The Kier molecular flexibility index (Phi) is 11.1. The molecule has 0 saturated heterocycles. The van der Waals surface area contributed by atoms with Gasteiger partial charge in [0.25, 0.3) is 7.37 Å². The summed E-state index contributed by atoms with van der Waals surface area (Å²) in [6.07, 6.45) is 2.02. The normalized spacial score (nSPS) is 15.8. The molecule has 0 aliphatic heterocycles. The van der Waals surface area contributed by atoms with Crippen LogP contribution in [-0.2, 0) is 20.4 Å². The zero-order valence-electron chi connectivity index (χ0n) is 16.6. The van der Waals surface area contributed by atoms with Crippen molar-refractivity contribution in [3.8, 4) is 0 Å². The number of benzene rings is 1. The fourth-order valence-corrected chi connectivity index (χ4v) is 5.93. The van der Waals surface area contributed by atoms with Gasteiger partial charge in [-0.2, -0.15) is 11.8 Å². The molecule has 0 saturated carbocycles. The van der Waals surface area contributed by atoms with Crippen molar-refractivity contribution in [2.24, 2.45) is 5.92 Å². The summed E-state index contributed by atoms with van der Waals surface area (Å²) >= 11 is 1.56. The van der Waals surface area contributed by atoms with Crippen molar-refractivity contribution in [2.75, 3.05) is 18.6 Å². The summed E-state index contributed by atoms with van der Waals surface area (Å²) in [4.78, 5) is 12.3. The molecule has 1 aromatic rings. The van der Waals surface area contributed by atoms with Crippen molar-refractivity contribution in [3.63, 3.8) is 0 Å². The average molecular weight is 418 g/mol. The molecule has 3 unspecified atom stereocenters. The van der Waals surface area contributed by atoms with E-state index in [2.05, 4.69) is 5.32 Å². The molecule has 2 N–H and O–H groups in total. The van der Waals surface area contributed by atoms with Gasteiger partial charge < -0.3 is 19.7 Å². The molecule has 0 radical (unpaired) electrons. The van der Waals surface area contributed by atoms with Gasteiger partial charge in [0.15, 0.2) is 0 Å². The molecule has 0 aliphatic carbocycles. The van der Waals surface area contributed by atoms with E-state index in [1.807, 2.05) is 50.4 Å². The lowest BCUT2D eigenvalue weighted by atomic mass is 10.1. The van der Waals surface area contributed by atoms with E-state index < -0.39 is 25.1 Å². The van der Waals surface area contributed by atoms with Gasteiger partial charge in [-0.3, -0.25) is 4.57 Å². The van der Waals surface area contributed by atoms with Gasteiger partial charge in [0.05, 0.1) is 6.61 Å². The Morgan fingerprint density at radius 3 is 2.52 bits per heavy atom. The second-order valence-electron chi connectivity index (χ2n) is 6.68. The van der Waals surface area contributed by atoms with Crippen molar-refractivity contribution in [1.29, 1.82) is 0 Å². The van der Waals surface area contributed by atoms with Crippen molar-refractivity contribution in [2.45, 2.75) is 51.8 Å². The SMILES string of the molecule is CCOP(=O)(C(O)CCSC)C(CC(C)C)NC(=O)OCc1ccccc1. The molecule has 3 atom stereocenters. The number of carbonyl (C=O) groups is 1. The van der Waals surface area contributed by atoms with Crippen molar-refractivity contribution >= 4 is 25.2 Å². The van der Waals surface area contributed by atoms with Gasteiger partial charge in [-0.1, -0.05) is 44.2 Å². The van der Waals surface area contributed by atoms with Gasteiger partial charge in [0.1, 0.15) is 18.2 Å². The smallest absolute Gasteiger partial charge is 0.408 e. The van der Waals surface area contributed by atoms with E-state index in [4.69, 9.17) is 9.26 Å². The lowest BCUT2D eigenvalue weighted by Gasteiger charge is -2.32. The Morgan fingerprint density at radius 2 is 1.96 bits per heavy atom. The molecule has 1 amide bonds. The zero-order chi connectivity index (χ0) is 20.3. The summed E-state index contributed by atoms with van der Waals surface area (Å²) < 4.78 is 24.3. The first kappa shape index (κ1) is 24.0. The van der Waals surface area contributed by atoms with E-state index in [0.29, 0.717) is 18.6 Å². The molecule has 0 aliphatic rings. The maximum Gasteiger partial charge on any atom is 0.408 e. The van der Waals surface area contributed by atoms with Crippen LogP contribution in [0, 0.1) is 5.92 Å². The van der Waals surface area contributed by atoms with Gasteiger partial charge >= 0.3 is 6.09 Å². The van der Waals surface area contributed by atoms with E-state index in [-0.39, 0.29) is 19.1 Å². The Morgan fingerprint density at radius 1 is 1.30 bits per heavy atom. The summed E-state index contributed by atoms with van der Waals surface area (Å²) in [6.45, 7) is 5.98. The third kappa shape index (κ3) is 8.26. The molecule has 154 valence electrons. The third-order valence-corrected chi connectivity index (χ3v) is 7.56. The maximum atomic E-state index is 13.5. The number of carbonyl (C=O) groups excluding carboxylic acids is 1. The summed E-state index contributed by atoms with van der Waals surface area (Å²) in [5, 5.41) is 13.2. The van der Waals surface area contributed by atoms with Crippen LogP contribution in [-0.4, -0.2) is 41.4 Å². The van der Waals surface area contributed by atoms with Crippen molar-refractivity contribution in [1.82, 2.24) is 5.32 Å². The monoisotopic (exact) mass is 417 g/mol. The third-order valence-electron chi connectivity index (χ3n) is 3.95. The zero-order valence-corrected chi connectivity index (χ0v) is 18.3. The number of ether oxygens (including phenoxy) is 1. The first-order valence-corrected chi connectivity index (χ1v) is 12.4. The number of alkyl carbamates (subject to hydrolysis) is 1. The van der Waals surface area contributed by atoms with Crippen LogP contribution in [0.5, 0.6) is 0 Å². The van der Waals surface area contributed by atoms with Crippen LogP contribution >= 0.6 is 19.1 Å². The van der Waals surface area contributed by atoms with E-state index in [1.54, 1.807) is 18.7 Å². The second kappa shape index (κ2) is 12.4. The van der Waals surface area contributed by atoms with E-state index >= 15 is 0 Å². The minimum Gasteiger partial charge on any atom is -0.445 e. The number of aliphatic hydroxyl groups is 1. The van der Waals surface area contributed by atoms with E-state index in [0.717, 1.165) is 5.56 Å². The minimum absolute atomic E-state index is 0.120. The Labute approximate surface area is 166 Å². The standard InChI is InChI=1S/C19H32NO5PS/c1-5-25-26(23,18(21)11-12-27-4)17(13-15(2)3)20-19(22)24-14-16-9-7-6-8-10-16/h6-10,15,17-18,21H,5,11-14H2,1-4H3,(H,20,22). The largest absolute Gasteiger partial charge is 0.445 e. The van der Waals surface area contributed by atoms with Crippen molar-refractivity contribution in [3.05, 3.63) is 35.9 Å². The molecule has 0 bridgehead atoms. The second-order valence-corrected chi connectivity index (χ2v) is 10.4. The topological polar surface area (TPSA) is 84.9 Å². The first-order valence-electron chi connectivity index (χ1n) is 9.21. The average Bonchev–Trinajstić information content (AvgIpc) is 2.64. The Bertz CT molecular complexity index is 599. The number of hydrogen-bond donors (Lipinski definition) is 2. The van der Waals surface area contributed by atoms with Crippen LogP contribution in [0.2, 0.25) is 0 Å². The quantitative estimate of drug-likeness (QED) is 0.481. The van der Waals surface area contributed by atoms with Gasteiger partial charge in [0.2, 0.25) is 0 Å². The molecule has 6 nitrogen and oxygen atoms in total. The summed E-state index contributed by atoms with van der Waals surface area (Å²) in [7, 11) is -3.52. The summed E-state index contributed by atoms with van der Waals surface area (Å²) in [6, 6.07) is 9.33. The van der Waals surface area contributed by atoms with Gasteiger partial charge in [-0.25, -0.2) is 4.79 Å². The molecule has 0 heterocycles. The number of hydrogen-bond acceptors (Lipinski definition) is 6. The van der Waals surface area contributed by atoms with Gasteiger partial charge in [-0.15, -0.1) is 0 Å². The summed E-state index contributed by atoms with van der Waals surface area (Å²) in [5.41, 5.74) is 0.862. The maximum absolute atomic E-state index is 13.5. The molecule has 0 aromatic heterocycles. The number of amides is 1. The molecule has 1 rings (SSSR count). The lowest BCUT2D eigenvalue weighted by molar-refractivity contribution is 0.135. The highest BCUT2D eigenvalue weighted by molar-refractivity contribution is 7.98. The van der Waals surface area contributed by atoms with Crippen LogP contribution in [0.1, 0.15) is 39.2 Å². The molecule has 27 heavy (non-hydrogen) atoms. The predicted molar refractivity (Wildman–Crippen MR) is 111 cm³/mol. The molecule has 1 aromatic carbocycles. The van der Waals surface area contributed by atoms with E-state index in [9.17, 15) is 14.5 Å². The number of rotatable bonds is 12. The van der Waals surface area contributed by atoms with Crippen LogP contribution < -0.4 is 5.32 Å². The molecule has 8 heteroatoms. The van der Waals surface area contributed by atoms with Crippen LogP contribution in [0.4, 0.5) is 4.79 Å². The van der Waals surface area contributed by atoms with Gasteiger partial charge in [-0.05, 0) is 43.3 Å². The highest BCUT2D eigenvalue weighted by Crippen LogP contribution is 2.57. The number of thioether (sulfide) groups is 1. The van der Waals surface area contributed by atoms with Crippen LogP contribution in [0.15, 0.2) is 30.3 Å². The van der Waals surface area contributed by atoms with E-state index in [1.165, 1.54) is 0 Å². The minimum atomic E-state index is -3.52. The number of nitrogens with one attached hydrogen (secondary N) is 1. The Balaban J connectivity index is 2.86. The molecule has 0 fully saturated rings. The molecular weight excluding hydrogens is 385 g/mol. The highest BCUT2D eigenvalue weighted by Gasteiger charge is 2.42. The lowest BCUT2D eigenvalue weighted by Crippen LogP contribution is -2.39. The van der Waals surface area contributed by atoms with Crippen molar-refractivity contribution < 1.29 is 23.7 Å². The summed E-state index contributed by atoms with van der Waals surface area (Å²) in [5.74, 6) is -1.10. The first-order chi connectivity index (χ1) is 12.8. The predicted octanol–water partition coefficient (Wildman–Crippen LogP) is 4.67. The fourth-order valence-electron chi connectivity index (χ4n) is 2.63. The molecular formula is C19H32NO5PS. The Hall–Kier alpha value is -1.01.